The van der Waals surface area contributed by atoms with Gasteiger partial charge in [0.15, 0.2) is 0 Å². The molecule has 1 heterocycles. The van der Waals surface area contributed by atoms with Crippen LogP contribution in [-0.2, 0) is 13.0 Å². The number of benzene rings is 1. The number of nitrogens with one attached hydrogen (secondary N) is 1. The second-order valence-electron chi connectivity index (χ2n) is 4.86. The Morgan fingerprint density at radius 1 is 1.30 bits per heavy atom. The van der Waals surface area contributed by atoms with Gasteiger partial charge in [-0.3, -0.25) is 0 Å². The number of methoxy groups -OCH3 is 1. The third-order valence-corrected chi connectivity index (χ3v) is 3.20. The van der Waals surface area contributed by atoms with E-state index in [-0.39, 0.29) is 6.04 Å². The van der Waals surface area contributed by atoms with Crippen LogP contribution < -0.4 is 15.8 Å². The molecule has 1 aromatic carbocycles. The van der Waals surface area contributed by atoms with Crippen LogP contribution in [0.1, 0.15) is 17.7 Å². The Morgan fingerprint density at radius 2 is 2.20 bits per heavy atom. The molecule has 20 heavy (non-hydrogen) atoms. The molecule has 3 N–H and O–H groups in total. The topological polar surface area (TPSA) is 60.4 Å². The molecule has 0 unspecified atom stereocenters. The Labute approximate surface area is 119 Å². The highest BCUT2D eigenvalue weighted by molar-refractivity contribution is 5.28. The first kappa shape index (κ1) is 14.6. The van der Waals surface area contributed by atoms with E-state index in [1.807, 2.05) is 30.3 Å². The Balaban J connectivity index is 1.65. The Hall–Kier alpha value is -1.78. The third kappa shape index (κ3) is 4.72. The van der Waals surface area contributed by atoms with Gasteiger partial charge >= 0.3 is 0 Å². The lowest BCUT2D eigenvalue weighted by molar-refractivity contribution is 0.414. The van der Waals surface area contributed by atoms with E-state index in [1.54, 1.807) is 13.4 Å². The van der Waals surface area contributed by atoms with Crippen molar-refractivity contribution in [2.24, 2.45) is 5.73 Å². The summed E-state index contributed by atoms with van der Waals surface area (Å²) in [6.07, 6.45) is 3.39. The summed E-state index contributed by atoms with van der Waals surface area (Å²) in [4.78, 5) is 0. The van der Waals surface area contributed by atoms with Gasteiger partial charge < -0.3 is 20.2 Å². The lowest BCUT2D eigenvalue weighted by Crippen LogP contribution is -2.28. The Kier molecular flexibility index (Phi) is 5.65. The fourth-order valence-corrected chi connectivity index (χ4v) is 2.09. The maximum atomic E-state index is 6.07. The first-order chi connectivity index (χ1) is 9.78. The highest BCUT2D eigenvalue weighted by Gasteiger charge is 2.05. The molecule has 0 spiro atoms. The van der Waals surface area contributed by atoms with E-state index in [1.165, 1.54) is 5.56 Å². The molecule has 0 aliphatic carbocycles. The molecule has 0 aliphatic heterocycles. The molecule has 1 atom stereocenters. The summed E-state index contributed by atoms with van der Waals surface area (Å²) in [6.45, 7) is 1.71. The zero-order valence-corrected chi connectivity index (χ0v) is 11.8. The molecule has 0 saturated heterocycles. The minimum atomic E-state index is 0.124. The maximum absolute atomic E-state index is 6.07. The lowest BCUT2D eigenvalue weighted by Gasteiger charge is -2.11. The quantitative estimate of drug-likeness (QED) is 0.725. The Morgan fingerprint density at radius 3 is 2.95 bits per heavy atom. The second kappa shape index (κ2) is 7.72. The van der Waals surface area contributed by atoms with Gasteiger partial charge in [-0.2, -0.15) is 0 Å². The number of rotatable bonds is 8. The zero-order chi connectivity index (χ0) is 14.2. The first-order valence-electron chi connectivity index (χ1n) is 6.89. The fourth-order valence-electron chi connectivity index (χ4n) is 2.09. The molecule has 0 saturated carbocycles. The van der Waals surface area contributed by atoms with Crippen molar-refractivity contribution in [2.75, 3.05) is 13.7 Å². The summed E-state index contributed by atoms with van der Waals surface area (Å²) in [6, 6.07) is 12.0. The molecular formula is C16H22N2O2. The van der Waals surface area contributed by atoms with E-state index in [0.29, 0.717) is 0 Å². The van der Waals surface area contributed by atoms with Gasteiger partial charge in [-0.15, -0.1) is 0 Å². The number of furan rings is 1. The van der Waals surface area contributed by atoms with Gasteiger partial charge in [0.05, 0.1) is 13.4 Å². The molecule has 1 aromatic heterocycles. The second-order valence-corrected chi connectivity index (χ2v) is 4.86. The Bertz CT molecular complexity index is 497. The van der Waals surface area contributed by atoms with Crippen LogP contribution in [-0.4, -0.2) is 19.7 Å². The van der Waals surface area contributed by atoms with Gasteiger partial charge in [0, 0.05) is 19.0 Å². The van der Waals surface area contributed by atoms with Gasteiger partial charge in [-0.25, -0.2) is 0 Å². The molecule has 2 rings (SSSR count). The standard InChI is InChI=1S/C16H22N2O2/c1-19-15-5-2-4-13(10-15)12-18-8-7-14(17)11-16-6-3-9-20-16/h2-6,9-10,14,18H,7-8,11-12,17H2,1H3/t14-/m1/s1. The molecule has 4 heteroatoms. The van der Waals surface area contributed by atoms with E-state index in [0.717, 1.165) is 37.4 Å². The fraction of sp³-hybridized carbons (Fsp3) is 0.375. The highest BCUT2D eigenvalue weighted by atomic mass is 16.5. The molecule has 2 aromatic rings. The van der Waals surface area contributed by atoms with Crippen LogP contribution in [0.5, 0.6) is 5.75 Å². The number of hydrogen-bond acceptors (Lipinski definition) is 4. The van der Waals surface area contributed by atoms with E-state index in [9.17, 15) is 0 Å². The van der Waals surface area contributed by atoms with Crippen LogP contribution in [0.25, 0.3) is 0 Å². The molecule has 0 aliphatic rings. The number of nitrogens with two attached hydrogens (primary N) is 1. The van der Waals surface area contributed by atoms with Crippen molar-refractivity contribution >= 4 is 0 Å². The lowest BCUT2D eigenvalue weighted by atomic mass is 10.1. The molecular weight excluding hydrogens is 252 g/mol. The van der Waals surface area contributed by atoms with E-state index in [4.69, 9.17) is 14.9 Å². The summed E-state index contributed by atoms with van der Waals surface area (Å²) >= 11 is 0. The predicted octanol–water partition coefficient (Wildman–Crippen LogP) is 2.34. The maximum Gasteiger partial charge on any atom is 0.119 e. The predicted molar refractivity (Wildman–Crippen MR) is 79.7 cm³/mol. The van der Waals surface area contributed by atoms with E-state index in [2.05, 4.69) is 11.4 Å². The average molecular weight is 274 g/mol. The van der Waals surface area contributed by atoms with Crippen molar-refractivity contribution in [3.8, 4) is 5.75 Å². The van der Waals surface area contributed by atoms with Crippen LogP contribution in [0, 0.1) is 0 Å². The summed E-state index contributed by atoms with van der Waals surface area (Å²) in [7, 11) is 1.68. The van der Waals surface area contributed by atoms with Crippen molar-refractivity contribution in [3.05, 3.63) is 54.0 Å². The SMILES string of the molecule is COc1cccc(CNCC[C@@H](N)Cc2ccco2)c1. The van der Waals surface area contributed by atoms with Gasteiger partial charge in [0.25, 0.3) is 0 Å². The summed E-state index contributed by atoms with van der Waals surface area (Å²) in [5.74, 6) is 1.84. The minimum absolute atomic E-state index is 0.124. The van der Waals surface area contributed by atoms with Crippen molar-refractivity contribution in [1.29, 1.82) is 0 Å². The van der Waals surface area contributed by atoms with Crippen molar-refractivity contribution in [1.82, 2.24) is 5.32 Å². The number of ether oxygens (including phenoxy) is 1. The van der Waals surface area contributed by atoms with Gasteiger partial charge in [0.1, 0.15) is 11.5 Å². The molecule has 0 radical (unpaired) electrons. The largest absolute Gasteiger partial charge is 0.497 e. The van der Waals surface area contributed by atoms with Crippen LogP contribution >= 0.6 is 0 Å². The first-order valence-corrected chi connectivity index (χ1v) is 6.89. The van der Waals surface area contributed by atoms with Crippen LogP contribution in [0.15, 0.2) is 47.1 Å². The molecule has 0 bridgehead atoms. The third-order valence-electron chi connectivity index (χ3n) is 3.20. The molecule has 0 fully saturated rings. The smallest absolute Gasteiger partial charge is 0.119 e. The van der Waals surface area contributed by atoms with Crippen molar-refractivity contribution < 1.29 is 9.15 Å². The van der Waals surface area contributed by atoms with Crippen molar-refractivity contribution in [2.45, 2.75) is 25.4 Å². The average Bonchev–Trinajstić information content (AvgIpc) is 2.97. The monoisotopic (exact) mass is 274 g/mol. The molecule has 108 valence electrons. The summed E-state index contributed by atoms with van der Waals surface area (Å²) < 4.78 is 10.5. The van der Waals surface area contributed by atoms with E-state index >= 15 is 0 Å². The van der Waals surface area contributed by atoms with E-state index < -0.39 is 0 Å². The van der Waals surface area contributed by atoms with Gasteiger partial charge in [0.2, 0.25) is 0 Å². The van der Waals surface area contributed by atoms with Crippen LogP contribution in [0.3, 0.4) is 0 Å². The highest BCUT2D eigenvalue weighted by Crippen LogP contribution is 2.12. The minimum Gasteiger partial charge on any atom is -0.497 e. The van der Waals surface area contributed by atoms with Crippen LogP contribution in [0.4, 0.5) is 0 Å². The van der Waals surface area contributed by atoms with Gasteiger partial charge in [-0.05, 0) is 42.8 Å². The zero-order valence-electron chi connectivity index (χ0n) is 11.8. The normalized spacial score (nSPS) is 12.3. The number of hydrogen-bond donors (Lipinski definition) is 2. The van der Waals surface area contributed by atoms with Crippen LogP contribution in [0.2, 0.25) is 0 Å². The van der Waals surface area contributed by atoms with Gasteiger partial charge in [-0.1, -0.05) is 12.1 Å². The van der Waals surface area contributed by atoms with Crippen molar-refractivity contribution in [3.63, 3.8) is 0 Å². The molecule has 0 amide bonds. The molecule has 4 nitrogen and oxygen atoms in total. The summed E-state index contributed by atoms with van der Waals surface area (Å²) in [5.41, 5.74) is 7.28. The summed E-state index contributed by atoms with van der Waals surface area (Å²) in [5, 5.41) is 3.40.